The van der Waals surface area contributed by atoms with Gasteiger partial charge in [0.15, 0.2) is 0 Å². The number of aromatic nitrogens is 8. The van der Waals surface area contributed by atoms with E-state index in [1.165, 1.54) is 12.7 Å². The van der Waals surface area contributed by atoms with E-state index >= 15 is 0 Å². The highest BCUT2D eigenvalue weighted by Crippen LogP contribution is 2.46. The highest BCUT2D eigenvalue weighted by atomic mass is 79.9. The molecule has 2 fully saturated rings. The standard InChI is InChI=1S/2C21H21BrN6O2S/c2*22-13-8-11-3-1-10(7-14(11)27-19(13)24)2-4-15-16(29)17(30)21(31-15)28-6-5-12-18(23)25-9-26-20(12)28/h2*1,3,5-9,15-17,21,29-30H,2,4H2,(H2,24,27)(H2,23,25,26)/t15-,16+,17+,21+;15-,16-,17-,21-/m01/s1. The minimum Gasteiger partial charge on any atom is -0.389 e. The average Bonchev–Trinajstić information content (AvgIpc) is 4.02. The van der Waals surface area contributed by atoms with Gasteiger partial charge >= 0.3 is 0 Å². The summed E-state index contributed by atoms with van der Waals surface area (Å²) in [6, 6.07) is 19.8. The van der Waals surface area contributed by atoms with Gasteiger partial charge in [-0.1, -0.05) is 24.3 Å². The average molecular weight is 1000 g/mol. The van der Waals surface area contributed by atoms with Crippen LogP contribution >= 0.6 is 55.4 Å². The molecule has 12 N–H and O–H groups in total. The van der Waals surface area contributed by atoms with Crippen molar-refractivity contribution in [3.63, 3.8) is 0 Å². The smallest absolute Gasteiger partial charge is 0.146 e. The van der Waals surface area contributed by atoms with Gasteiger partial charge in [0, 0.05) is 33.7 Å². The molecule has 0 radical (unpaired) electrons. The van der Waals surface area contributed by atoms with Gasteiger partial charge in [0.05, 0.1) is 43.0 Å². The molecule has 0 aliphatic carbocycles. The normalized spacial score (nSPS) is 23.7. The molecule has 8 aromatic rings. The molecule has 0 amide bonds. The summed E-state index contributed by atoms with van der Waals surface area (Å²) >= 11 is 9.91. The van der Waals surface area contributed by atoms with Crippen LogP contribution in [0.1, 0.15) is 34.7 Å². The minimum atomic E-state index is -0.905. The number of nitrogens with zero attached hydrogens (tertiary/aromatic N) is 8. The zero-order chi connectivity index (χ0) is 43.4. The molecule has 320 valence electrons. The molecular weight excluding hydrogens is 960 g/mol. The van der Waals surface area contributed by atoms with Crippen LogP contribution in [-0.2, 0) is 12.8 Å². The van der Waals surface area contributed by atoms with Gasteiger partial charge in [0.25, 0.3) is 0 Å². The Hall–Kier alpha value is -4.80. The van der Waals surface area contributed by atoms with E-state index in [-0.39, 0.29) is 21.2 Å². The molecule has 16 nitrogen and oxygen atoms in total. The molecule has 0 saturated carbocycles. The van der Waals surface area contributed by atoms with E-state index in [0.29, 0.717) is 47.4 Å². The predicted octanol–water partition coefficient (Wildman–Crippen LogP) is 5.75. The van der Waals surface area contributed by atoms with Crippen LogP contribution in [0, 0.1) is 0 Å². The Labute approximate surface area is 379 Å². The molecule has 10 rings (SSSR count). The minimum absolute atomic E-state index is 0.115. The Kier molecular flexibility index (Phi) is 11.9. The van der Waals surface area contributed by atoms with Crippen LogP contribution in [0.5, 0.6) is 0 Å². The number of thioether (sulfide) groups is 2. The number of anilines is 4. The van der Waals surface area contributed by atoms with Gasteiger partial charge in [-0.3, -0.25) is 0 Å². The first kappa shape index (κ1) is 42.5. The third-order valence-corrected chi connectivity index (χ3v) is 16.0. The van der Waals surface area contributed by atoms with E-state index in [1.54, 1.807) is 23.5 Å². The number of rotatable bonds is 8. The number of fused-ring (bicyclic) bond motifs is 4. The highest BCUT2D eigenvalue weighted by molar-refractivity contribution is 9.11. The van der Waals surface area contributed by atoms with Crippen molar-refractivity contribution in [2.75, 3.05) is 22.9 Å². The van der Waals surface area contributed by atoms with E-state index in [9.17, 15) is 20.4 Å². The van der Waals surface area contributed by atoms with Crippen molar-refractivity contribution in [3.8, 4) is 0 Å². The number of halogens is 2. The lowest BCUT2D eigenvalue weighted by Gasteiger charge is -2.17. The van der Waals surface area contributed by atoms with Crippen LogP contribution in [0.15, 0.2) is 94.7 Å². The molecule has 2 saturated heterocycles. The monoisotopic (exact) mass is 1000 g/mol. The lowest BCUT2D eigenvalue weighted by Crippen LogP contribution is -2.31. The maximum Gasteiger partial charge on any atom is 0.146 e. The molecule has 2 aromatic carbocycles. The van der Waals surface area contributed by atoms with Crippen molar-refractivity contribution >= 4 is 123 Å². The van der Waals surface area contributed by atoms with Crippen molar-refractivity contribution in [1.82, 2.24) is 39.0 Å². The molecule has 0 spiro atoms. The van der Waals surface area contributed by atoms with E-state index < -0.39 is 24.4 Å². The zero-order valence-corrected chi connectivity index (χ0v) is 37.6. The van der Waals surface area contributed by atoms with Gasteiger partial charge in [0.1, 0.15) is 70.2 Å². The molecule has 2 aliphatic heterocycles. The van der Waals surface area contributed by atoms with Crippen molar-refractivity contribution in [1.29, 1.82) is 0 Å². The maximum atomic E-state index is 10.7. The fourth-order valence-corrected chi connectivity index (χ4v) is 11.9. The maximum absolute atomic E-state index is 10.7. The number of hydrogen-bond donors (Lipinski definition) is 8. The third kappa shape index (κ3) is 8.13. The molecule has 62 heavy (non-hydrogen) atoms. The quantitative estimate of drug-likeness (QED) is 0.0900. The van der Waals surface area contributed by atoms with Crippen molar-refractivity contribution in [2.24, 2.45) is 0 Å². The molecular formula is C42H42Br2N12O4S2. The fourth-order valence-electron chi connectivity index (χ4n) is 8.12. The van der Waals surface area contributed by atoms with Gasteiger partial charge in [-0.05, 0) is 105 Å². The van der Waals surface area contributed by atoms with Crippen molar-refractivity contribution in [2.45, 2.75) is 71.3 Å². The Bertz CT molecular complexity index is 2760. The number of aliphatic hydroxyl groups is 4. The molecule has 6 aromatic heterocycles. The number of hydrogen-bond acceptors (Lipinski definition) is 16. The Balaban J connectivity index is 0.000000158. The predicted molar refractivity (Wildman–Crippen MR) is 253 cm³/mol. The summed E-state index contributed by atoms with van der Waals surface area (Å²) < 4.78 is 5.30. The SMILES string of the molecule is Nc1nc2cc(CC[C@@H]3S[C@@H](n4ccc5c(N)ncnc54)[C@H](O)[C@@H]3O)ccc2cc1Br.Nc1nc2cc(CC[C@H]3S[C@@H](n4ccc5c(N)ncnc54)[C@H](O)[C@@H]3O)ccc2cc1Br. The van der Waals surface area contributed by atoms with E-state index in [1.807, 2.05) is 70.1 Å². The summed E-state index contributed by atoms with van der Waals surface area (Å²) in [6.07, 6.45) is 5.95. The number of nitrogen functional groups attached to an aromatic ring is 4. The van der Waals surface area contributed by atoms with E-state index in [0.717, 1.165) is 65.5 Å². The second-order valence-corrected chi connectivity index (χ2v) is 19.8. The van der Waals surface area contributed by atoms with Crippen LogP contribution in [0.3, 0.4) is 0 Å². The van der Waals surface area contributed by atoms with Gasteiger partial charge in [-0.15, -0.1) is 23.5 Å². The lowest BCUT2D eigenvalue weighted by molar-refractivity contribution is 0.0176. The molecule has 8 atom stereocenters. The topological polar surface area (TPSA) is 272 Å². The van der Waals surface area contributed by atoms with Crippen molar-refractivity contribution in [3.05, 3.63) is 106 Å². The second-order valence-electron chi connectivity index (χ2n) is 15.4. The van der Waals surface area contributed by atoms with Gasteiger partial charge in [-0.2, -0.15) is 0 Å². The van der Waals surface area contributed by atoms with Gasteiger partial charge in [0.2, 0.25) is 0 Å². The Morgan fingerprint density at radius 1 is 0.532 bits per heavy atom. The highest BCUT2D eigenvalue weighted by Gasteiger charge is 2.44. The molecule has 0 unspecified atom stereocenters. The first-order chi connectivity index (χ1) is 29.8. The largest absolute Gasteiger partial charge is 0.389 e. The Morgan fingerprint density at radius 3 is 1.37 bits per heavy atom. The summed E-state index contributed by atoms with van der Waals surface area (Å²) in [4.78, 5) is 25.5. The molecule has 20 heteroatoms. The number of aryl methyl sites for hydroxylation is 2. The van der Waals surface area contributed by atoms with E-state index in [2.05, 4.69) is 73.9 Å². The van der Waals surface area contributed by atoms with Gasteiger partial charge in [-0.25, -0.2) is 29.9 Å². The molecule has 0 bridgehead atoms. The van der Waals surface area contributed by atoms with Crippen LogP contribution in [-0.4, -0.2) is 94.4 Å². The summed E-state index contributed by atoms with van der Waals surface area (Å²) in [5.41, 5.74) is 28.9. The van der Waals surface area contributed by atoms with E-state index in [4.69, 9.17) is 22.9 Å². The summed E-state index contributed by atoms with van der Waals surface area (Å²) in [7, 11) is 0. The first-order valence-electron chi connectivity index (χ1n) is 19.7. The zero-order valence-electron chi connectivity index (χ0n) is 32.8. The second kappa shape index (κ2) is 17.4. The molecule has 8 heterocycles. The van der Waals surface area contributed by atoms with Gasteiger partial charge < -0.3 is 52.5 Å². The van der Waals surface area contributed by atoms with Crippen LogP contribution in [0.25, 0.3) is 43.9 Å². The summed E-state index contributed by atoms with van der Waals surface area (Å²) in [5, 5.41) is 45.4. The van der Waals surface area contributed by atoms with Crippen LogP contribution in [0.2, 0.25) is 0 Å². The number of nitrogens with two attached hydrogens (primary N) is 4. The van der Waals surface area contributed by atoms with Crippen molar-refractivity contribution < 1.29 is 20.4 Å². The lowest BCUT2D eigenvalue weighted by atomic mass is 10.0. The third-order valence-electron chi connectivity index (χ3n) is 11.5. The number of pyridine rings is 2. The molecule has 2 aliphatic rings. The fraction of sp³-hybridized carbons (Fsp3) is 0.286. The van der Waals surface area contributed by atoms with Crippen LogP contribution < -0.4 is 22.9 Å². The Morgan fingerprint density at radius 2 is 0.952 bits per heavy atom. The number of aliphatic hydroxyl groups excluding tert-OH is 4. The summed E-state index contributed by atoms with van der Waals surface area (Å²) in [6.45, 7) is 0. The summed E-state index contributed by atoms with van der Waals surface area (Å²) in [5.74, 6) is 1.72. The first-order valence-corrected chi connectivity index (χ1v) is 23.2. The van der Waals surface area contributed by atoms with Crippen LogP contribution in [0.4, 0.5) is 23.3 Å². The number of benzene rings is 2.